The molecule has 23 heavy (non-hydrogen) atoms. The van der Waals surface area contributed by atoms with Crippen molar-refractivity contribution in [3.8, 4) is 5.75 Å². The number of hydrogen-bond donors (Lipinski definition) is 1. The van der Waals surface area contributed by atoms with E-state index in [1.54, 1.807) is 11.8 Å². The van der Waals surface area contributed by atoms with Gasteiger partial charge in [-0.05, 0) is 18.6 Å². The number of rotatable bonds is 7. The first-order valence-electron chi connectivity index (χ1n) is 7.41. The fourth-order valence-corrected chi connectivity index (χ4v) is 3.26. The number of hydrogen-bond acceptors (Lipinski definition) is 6. The summed E-state index contributed by atoms with van der Waals surface area (Å²) in [5, 5.41) is 11.4. The molecule has 0 spiro atoms. The minimum Gasteiger partial charge on any atom is -0.494 e. The minimum absolute atomic E-state index is 0.0542. The van der Waals surface area contributed by atoms with E-state index < -0.39 is 5.41 Å². The van der Waals surface area contributed by atoms with E-state index in [2.05, 4.69) is 15.5 Å². The number of ether oxygens (including phenoxy) is 1. The van der Waals surface area contributed by atoms with Crippen molar-refractivity contribution in [2.75, 3.05) is 17.7 Å². The van der Waals surface area contributed by atoms with E-state index in [-0.39, 0.29) is 5.91 Å². The molecule has 1 aromatic heterocycles. The van der Waals surface area contributed by atoms with Crippen molar-refractivity contribution < 1.29 is 9.53 Å². The van der Waals surface area contributed by atoms with Gasteiger partial charge in [0.15, 0.2) is 4.34 Å². The summed E-state index contributed by atoms with van der Waals surface area (Å²) in [6.45, 7) is 6.27. The lowest BCUT2D eigenvalue weighted by Gasteiger charge is -2.15. The smallest absolute Gasteiger partial charge is 0.231 e. The van der Waals surface area contributed by atoms with E-state index in [0.717, 1.165) is 22.3 Å². The number of nitrogens with one attached hydrogen (secondary N) is 1. The standard InChI is InChI=1S/C16H21N3O2S2/c1-16(2,3)13(20)17-14-18-19-15(23-14)22-11-7-10-21-12-8-5-4-6-9-12/h4-6,8-9H,7,10-11H2,1-3H3,(H,17,18,20). The molecule has 5 nitrogen and oxygen atoms in total. The lowest BCUT2D eigenvalue weighted by molar-refractivity contribution is -0.123. The number of anilines is 1. The number of carbonyl (C=O) groups is 1. The first-order valence-corrected chi connectivity index (χ1v) is 9.21. The summed E-state index contributed by atoms with van der Waals surface area (Å²) in [7, 11) is 0. The molecule has 7 heteroatoms. The van der Waals surface area contributed by atoms with Crippen LogP contribution in [0.25, 0.3) is 0 Å². The number of aromatic nitrogens is 2. The molecule has 0 aliphatic rings. The fourth-order valence-electron chi connectivity index (χ4n) is 1.53. The molecule has 1 amide bonds. The maximum absolute atomic E-state index is 11.9. The van der Waals surface area contributed by atoms with Gasteiger partial charge in [0.1, 0.15) is 5.75 Å². The number of para-hydroxylation sites is 1. The van der Waals surface area contributed by atoms with E-state index >= 15 is 0 Å². The molecule has 0 saturated heterocycles. The highest BCUT2D eigenvalue weighted by atomic mass is 32.2. The van der Waals surface area contributed by atoms with E-state index in [4.69, 9.17) is 4.74 Å². The van der Waals surface area contributed by atoms with Gasteiger partial charge in [0, 0.05) is 11.2 Å². The Morgan fingerprint density at radius 3 is 2.70 bits per heavy atom. The zero-order valence-corrected chi connectivity index (χ0v) is 15.2. The van der Waals surface area contributed by atoms with Crippen molar-refractivity contribution in [2.24, 2.45) is 5.41 Å². The molecule has 0 aliphatic carbocycles. The van der Waals surface area contributed by atoms with Gasteiger partial charge in [0.05, 0.1) is 6.61 Å². The third kappa shape index (κ3) is 6.19. The normalized spacial score (nSPS) is 11.3. The van der Waals surface area contributed by atoms with Crippen molar-refractivity contribution in [3.63, 3.8) is 0 Å². The molecule has 2 rings (SSSR count). The average molecular weight is 351 g/mol. The molecule has 1 heterocycles. The quantitative estimate of drug-likeness (QED) is 0.462. The number of amides is 1. The summed E-state index contributed by atoms with van der Waals surface area (Å²) in [6.07, 6.45) is 0.919. The zero-order valence-electron chi connectivity index (χ0n) is 13.5. The molecule has 0 radical (unpaired) electrons. The monoisotopic (exact) mass is 351 g/mol. The Hall–Kier alpha value is -1.60. The van der Waals surface area contributed by atoms with Gasteiger partial charge in [0.25, 0.3) is 0 Å². The minimum atomic E-state index is -0.437. The van der Waals surface area contributed by atoms with Crippen LogP contribution in [0.15, 0.2) is 34.7 Å². The first kappa shape index (κ1) is 17.7. The Kier molecular flexibility index (Phi) is 6.41. The van der Waals surface area contributed by atoms with Crippen LogP contribution in [0.1, 0.15) is 27.2 Å². The van der Waals surface area contributed by atoms with Crippen LogP contribution in [0.2, 0.25) is 0 Å². The third-order valence-corrected chi connectivity index (χ3v) is 4.89. The van der Waals surface area contributed by atoms with Crippen LogP contribution in [-0.4, -0.2) is 28.5 Å². The second-order valence-corrected chi connectivity index (χ2v) is 8.26. The van der Waals surface area contributed by atoms with Crippen molar-refractivity contribution in [3.05, 3.63) is 30.3 Å². The molecule has 0 bridgehead atoms. The molecule has 0 fully saturated rings. The van der Waals surface area contributed by atoms with Crippen LogP contribution in [0.4, 0.5) is 5.13 Å². The second kappa shape index (κ2) is 8.31. The highest BCUT2D eigenvalue weighted by Gasteiger charge is 2.22. The maximum atomic E-state index is 11.9. The third-order valence-electron chi connectivity index (χ3n) is 2.83. The van der Waals surface area contributed by atoms with Crippen molar-refractivity contribution in [1.29, 1.82) is 0 Å². The van der Waals surface area contributed by atoms with Gasteiger partial charge in [-0.1, -0.05) is 62.1 Å². The highest BCUT2D eigenvalue weighted by Crippen LogP contribution is 2.27. The predicted molar refractivity (Wildman–Crippen MR) is 95.3 cm³/mol. The zero-order chi connectivity index (χ0) is 16.7. The Morgan fingerprint density at radius 1 is 1.26 bits per heavy atom. The molecule has 0 unspecified atom stereocenters. The van der Waals surface area contributed by atoms with Gasteiger partial charge in [-0.3, -0.25) is 4.79 Å². The summed E-state index contributed by atoms with van der Waals surface area (Å²) in [4.78, 5) is 11.9. The molecule has 0 saturated carbocycles. The predicted octanol–water partition coefficient (Wildman–Crippen LogP) is 4.08. The van der Waals surface area contributed by atoms with Crippen molar-refractivity contribution >= 4 is 34.1 Å². The van der Waals surface area contributed by atoms with Gasteiger partial charge in [-0.2, -0.15) is 0 Å². The SMILES string of the molecule is CC(C)(C)C(=O)Nc1nnc(SCCCOc2ccccc2)s1. The van der Waals surface area contributed by atoms with Gasteiger partial charge in [-0.15, -0.1) is 10.2 Å². The number of carbonyl (C=O) groups excluding carboxylic acids is 1. The summed E-state index contributed by atoms with van der Waals surface area (Å²) in [5.41, 5.74) is -0.437. The maximum Gasteiger partial charge on any atom is 0.231 e. The molecule has 0 atom stereocenters. The van der Waals surface area contributed by atoms with Crippen molar-refractivity contribution in [2.45, 2.75) is 31.5 Å². The lowest BCUT2D eigenvalue weighted by Crippen LogP contribution is -2.27. The van der Waals surface area contributed by atoms with Gasteiger partial charge >= 0.3 is 0 Å². The highest BCUT2D eigenvalue weighted by molar-refractivity contribution is 8.01. The van der Waals surface area contributed by atoms with Gasteiger partial charge in [-0.25, -0.2) is 0 Å². The second-order valence-electron chi connectivity index (χ2n) is 5.94. The summed E-state index contributed by atoms with van der Waals surface area (Å²) in [6, 6.07) is 9.77. The fraction of sp³-hybridized carbons (Fsp3) is 0.438. The van der Waals surface area contributed by atoms with Crippen LogP contribution in [0.5, 0.6) is 5.75 Å². The largest absolute Gasteiger partial charge is 0.494 e. The molecule has 1 N–H and O–H groups in total. The molecule has 2 aromatic rings. The van der Waals surface area contributed by atoms with Crippen LogP contribution in [-0.2, 0) is 4.79 Å². The van der Waals surface area contributed by atoms with Crippen molar-refractivity contribution in [1.82, 2.24) is 10.2 Å². The van der Waals surface area contributed by atoms with E-state index in [1.165, 1.54) is 11.3 Å². The molecule has 0 aliphatic heterocycles. The van der Waals surface area contributed by atoms with Crippen LogP contribution in [0, 0.1) is 5.41 Å². The van der Waals surface area contributed by atoms with E-state index in [0.29, 0.717) is 11.7 Å². The Balaban J connectivity index is 1.68. The summed E-state index contributed by atoms with van der Waals surface area (Å²) < 4.78 is 6.49. The number of nitrogens with zero attached hydrogens (tertiary/aromatic N) is 2. The van der Waals surface area contributed by atoms with Crippen LogP contribution in [0.3, 0.4) is 0 Å². The molecule has 1 aromatic carbocycles. The topological polar surface area (TPSA) is 64.1 Å². The molecular formula is C16H21N3O2S2. The molecular weight excluding hydrogens is 330 g/mol. The Labute approximate surface area is 144 Å². The number of thioether (sulfide) groups is 1. The molecule has 124 valence electrons. The Bertz CT molecular complexity index is 624. The Morgan fingerprint density at radius 2 is 2.00 bits per heavy atom. The number of benzene rings is 1. The van der Waals surface area contributed by atoms with E-state index in [1.807, 2.05) is 51.1 Å². The van der Waals surface area contributed by atoms with Crippen LogP contribution >= 0.6 is 23.1 Å². The summed E-state index contributed by atoms with van der Waals surface area (Å²) >= 11 is 3.02. The van der Waals surface area contributed by atoms with Gasteiger partial charge in [0.2, 0.25) is 11.0 Å². The average Bonchev–Trinajstić information content (AvgIpc) is 2.94. The summed E-state index contributed by atoms with van der Waals surface area (Å²) in [5.74, 6) is 1.73. The first-order chi connectivity index (χ1) is 10.9. The van der Waals surface area contributed by atoms with Gasteiger partial charge < -0.3 is 10.1 Å². The lowest BCUT2D eigenvalue weighted by atomic mass is 9.96. The van der Waals surface area contributed by atoms with Crippen LogP contribution < -0.4 is 10.1 Å². The van der Waals surface area contributed by atoms with E-state index in [9.17, 15) is 4.79 Å².